The summed E-state index contributed by atoms with van der Waals surface area (Å²) in [7, 11) is 0. The lowest BCUT2D eigenvalue weighted by Crippen LogP contribution is -2.40. The normalized spacial score (nSPS) is 24.3. The van der Waals surface area contributed by atoms with Gasteiger partial charge in [-0.25, -0.2) is 4.98 Å². The highest BCUT2D eigenvalue weighted by Gasteiger charge is 2.31. The standard InChI is InChI=1S/C18H24N4O/c1-18(9-7-15(23)8-10-18)22-17-20-14(12-16(19)21-17)11-13-5-3-2-4-6-13/h2-6,12,15,23H,7-11H2,1H3,(H3,19,20,21,22). The largest absolute Gasteiger partial charge is 0.393 e. The topological polar surface area (TPSA) is 84.1 Å². The monoisotopic (exact) mass is 312 g/mol. The van der Waals surface area contributed by atoms with Crippen molar-refractivity contribution in [1.82, 2.24) is 9.97 Å². The molecule has 0 unspecified atom stereocenters. The van der Waals surface area contributed by atoms with E-state index in [2.05, 4.69) is 34.3 Å². The van der Waals surface area contributed by atoms with Crippen LogP contribution >= 0.6 is 0 Å². The summed E-state index contributed by atoms with van der Waals surface area (Å²) in [6, 6.07) is 12.0. The average molecular weight is 312 g/mol. The van der Waals surface area contributed by atoms with E-state index in [1.807, 2.05) is 24.3 Å². The van der Waals surface area contributed by atoms with Crippen LogP contribution in [0.1, 0.15) is 43.9 Å². The zero-order chi connectivity index (χ0) is 16.3. The summed E-state index contributed by atoms with van der Waals surface area (Å²) in [5, 5.41) is 13.1. The van der Waals surface area contributed by atoms with Crippen LogP contribution < -0.4 is 11.1 Å². The van der Waals surface area contributed by atoms with Crippen LogP contribution in [0.3, 0.4) is 0 Å². The quantitative estimate of drug-likeness (QED) is 0.808. The molecule has 0 spiro atoms. The molecule has 1 aliphatic rings. The van der Waals surface area contributed by atoms with Crippen molar-refractivity contribution in [2.75, 3.05) is 11.1 Å². The van der Waals surface area contributed by atoms with Crippen molar-refractivity contribution in [3.63, 3.8) is 0 Å². The van der Waals surface area contributed by atoms with Crippen LogP contribution in [-0.2, 0) is 6.42 Å². The number of hydrogen-bond acceptors (Lipinski definition) is 5. The number of rotatable bonds is 4. The van der Waals surface area contributed by atoms with Crippen molar-refractivity contribution >= 4 is 11.8 Å². The van der Waals surface area contributed by atoms with Gasteiger partial charge in [-0.2, -0.15) is 4.98 Å². The minimum absolute atomic E-state index is 0.0863. The minimum Gasteiger partial charge on any atom is -0.393 e. The van der Waals surface area contributed by atoms with Crippen LogP contribution in [0.2, 0.25) is 0 Å². The number of hydrogen-bond donors (Lipinski definition) is 3. The van der Waals surface area contributed by atoms with Crippen molar-refractivity contribution in [1.29, 1.82) is 0 Å². The molecule has 3 rings (SSSR count). The lowest BCUT2D eigenvalue weighted by Gasteiger charge is -2.36. The molecule has 0 aliphatic heterocycles. The molecule has 0 radical (unpaired) electrons. The van der Waals surface area contributed by atoms with E-state index < -0.39 is 0 Å². The summed E-state index contributed by atoms with van der Waals surface area (Å²) < 4.78 is 0. The summed E-state index contributed by atoms with van der Waals surface area (Å²) >= 11 is 0. The number of benzene rings is 1. The highest BCUT2D eigenvalue weighted by molar-refractivity contribution is 5.41. The third-order valence-electron chi connectivity index (χ3n) is 4.50. The number of aliphatic hydroxyl groups is 1. The summed E-state index contributed by atoms with van der Waals surface area (Å²) in [6.07, 6.45) is 3.98. The molecule has 1 fully saturated rings. The first-order valence-corrected chi connectivity index (χ1v) is 8.16. The highest BCUT2D eigenvalue weighted by atomic mass is 16.3. The third kappa shape index (κ3) is 4.20. The molecule has 1 saturated carbocycles. The fourth-order valence-corrected chi connectivity index (χ4v) is 3.10. The van der Waals surface area contributed by atoms with Crippen molar-refractivity contribution < 1.29 is 5.11 Å². The van der Waals surface area contributed by atoms with Crippen LogP contribution in [0.15, 0.2) is 36.4 Å². The number of aliphatic hydroxyl groups excluding tert-OH is 1. The maximum absolute atomic E-state index is 9.68. The van der Waals surface area contributed by atoms with Crippen molar-refractivity contribution in [3.05, 3.63) is 47.7 Å². The van der Waals surface area contributed by atoms with Gasteiger partial charge in [0.2, 0.25) is 5.95 Å². The van der Waals surface area contributed by atoms with Crippen LogP contribution in [-0.4, -0.2) is 26.7 Å². The molecule has 0 bridgehead atoms. The van der Waals surface area contributed by atoms with Gasteiger partial charge in [-0.3, -0.25) is 0 Å². The second-order valence-electron chi connectivity index (χ2n) is 6.69. The molecular weight excluding hydrogens is 288 g/mol. The number of anilines is 2. The predicted octanol–water partition coefficient (Wildman–Crippen LogP) is 2.76. The Morgan fingerprint density at radius 3 is 2.61 bits per heavy atom. The number of nitrogen functional groups attached to an aromatic ring is 1. The predicted molar refractivity (Wildman–Crippen MR) is 92.2 cm³/mol. The van der Waals surface area contributed by atoms with Gasteiger partial charge in [-0.05, 0) is 38.2 Å². The number of nitrogens with two attached hydrogens (primary N) is 1. The van der Waals surface area contributed by atoms with Gasteiger partial charge in [0, 0.05) is 18.0 Å². The van der Waals surface area contributed by atoms with Crippen molar-refractivity contribution in [3.8, 4) is 0 Å². The molecule has 0 atom stereocenters. The zero-order valence-electron chi connectivity index (χ0n) is 13.5. The van der Waals surface area contributed by atoms with E-state index in [4.69, 9.17) is 5.73 Å². The first-order valence-electron chi connectivity index (χ1n) is 8.16. The molecular formula is C18H24N4O. The van der Waals surface area contributed by atoms with Gasteiger partial charge in [0.05, 0.1) is 11.8 Å². The SMILES string of the molecule is CC1(Nc2nc(N)cc(Cc3ccccc3)n2)CCC(O)CC1. The van der Waals surface area contributed by atoms with Crippen LogP contribution in [0.4, 0.5) is 11.8 Å². The smallest absolute Gasteiger partial charge is 0.225 e. The molecule has 5 nitrogen and oxygen atoms in total. The van der Waals surface area contributed by atoms with Gasteiger partial charge in [0.25, 0.3) is 0 Å². The molecule has 1 aromatic carbocycles. The molecule has 1 aromatic heterocycles. The van der Waals surface area contributed by atoms with Gasteiger partial charge >= 0.3 is 0 Å². The first-order chi connectivity index (χ1) is 11.0. The molecule has 1 aliphatic carbocycles. The summed E-state index contributed by atoms with van der Waals surface area (Å²) in [5.74, 6) is 1.06. The van der Waals surface area contributed by atoms with E-state index >= 15 is 0 Å². The molecule has 0 saturated heterocycles. The lowest BCUT2D eigenvalue weighted by molar-refractivity contribution is 0.107. The summed E-state index contributed by atoms with van der Waals surface area (Å²) in [4.78, 5) is 8.95. The van der Waals surface area contributed by atoms with E-state index in [0.29, 0.717) is 11.8 Å². The fourth-order valence-electron chi connectivity index (χ4n) is 3.10. The molecule has 4 N–H and O–H groups in total. The summed E-state index contributed by atoms with van der Waals surface area (Å²) in [5.41, 5.74) is 7.97. The van der Waals surface area contributed by atoms with E-state index in [1.165, 1.54) is 5.56 Å². The Morgan fingerprint density at radius 1 is 1.22 bits per heavy atom. The van der Waals surface area contributed by atoms with Crippen LogP contribution in [0, 0.1) is 0 Å². The third-order valence-corrected chi connectivity index (χ3v) is 4.50. The average Bonchev–Trinajstić information content (AvgIpc) is 2.51. The van der Waals surface area contributed by atoms with E-state index in [9.17, 15) is 5.11 Å². The molecule has 122 valence electrons. The van der Waals surface area contributed by atoms with Crippen LogP contribution in [0.5, 0.6) is 0 Å². The second kappa shape index (κ2) is 6.54. The maximum Gasteiger partial charge on any atom is 0.225 e. The first kappa shape index (κ1) is 15.7. The van der Waals surface area contributed by atoms with Gasteiger partial charge < -0.3 is 16.2 Å². The van der Waals surface area contributed by atoms with Gasteiger partial charge in [0.15, 0.2) is 0 Å². The highest BCUT2D eigenvalue weighted by Crippen LogP contribution is 2.30. The van der Waals surface area contributed by atoms with Crippen molar-refractivity contribution in [2.45, 2.75) is 50.7 Å². The lowest BCUT2D eigenvalue weighted by atomic mass is 9.82. The molecule has 0 amide bonds. The minimum atomic E-state index is -0.180. The molecule has 2 aromatic rings. The van der Waals surface area contributed by atoms with Crippen molar-refractivity contribution in [2.24, 2.45) is 0 Å². The molecule has 1 heterocycles. The van der Waals surface area contributed by atoms with Gasteiger partial charge in [-0.15, -0.1) is 0 Å². The van der Waals surface area contributed by atoms with E-state index in [-0.39, 0.29) is 11.6 Å². The Hall–Kier alpha value is -2.14. The van der Waals surface area contributed by atoms with E-state index in [0.717, 1.165) is 37.8 Å². The van der Waals surface area contributed by atoms with E-state index in [1.54, 1.807) is 0 Å². The fraction of sp³-hybridized carbons (Fsp3) is 0.444. The second-order valence-corrected chi connectivity index (χ2v) is 6.69. The van der Waals surface area contributed by atoms with Crippen LogP contribution in [0.25, 0.3) is 0 Å². The number of aromatic nitrogens is 2. The Labute approximate surface area is 137 Å². The number of nitrogens with zero attached hydrogens (tertiary/aromatic N) is 2. The molecule has 23 heavy (non-hydrogen) atoms. The number of nitrogens with one attached hydrogen (secondary N) is 1. The zero-order valence-corrected chi connectivity index (χ0v) is 13.5. The Balaban J connectivity index is 1.75. The van der Waals surface area contributed by atoms with Gasteiger partial charge in [-0.1, -0.05) is 30.3 Å². The Kier molecular flexibility index (Phi) is 4.48. The summed E-state index contributed by atoms with van der Waals surface area (Å²) in [6.45, 7) is 2.16. The molecule has 5 heteroatoms. The Bertz CT molecular complexity index is 651. The Morgan fingerprint density at radius 2 is 1.91 bits per heavy atom. The van der Waals surface area contributed by atoms with Gasteiger partial charge in [0.1, 0.15) is 5.82 Å². The maximum atomic E-state index is 9.68.